The molecule has 0 saturated carbocycles. The van der Waals surface area contributed by atoms with Crippen LogP contribution < -0.4 is 0 Å². The molecule has 0 bridgehead atoms. The minimum absolute atomic E-state index is 0.00855. The Hall–Kier alpha value is -2.47. The topological polar surface area (TPSA) is 51.0 Å². The average molecular weight is 352 g/mol. The molecule has 2 aromatic heterocycles. The van der Waals surface area contributed by atoms with E-state index in [4.69, 9.17) is 0 Å². The number of carbonyl (C=O) groups is 1. The summed E-state index contributed by atoms with van der Waals surface area (Å²) in [6.45, 7) is 2.06. The Labute approximate surface area is 150 Å². The second kappa shape index (κ2) is 6.44. The highest BCUT2D eigenvalue weighted by atomic mass is 32.1. The van der Waals surface area contributed by atoms with Crippen LogP contribution in [0.25, 0.3) is 5.69 Å². The minimum Gasteiger partial charge on any atom is -0.334 e. The molecule has 1 unspecified atom stereocenters. The van der Waals surface area contributed by atoms with Gasteiger partial charge in [-0.3, -0.25) is 4.79 Å². The largest absolute Gasteiger partial charge is 0.334 e. The van der Waals surface area contributed by atoms with Crippen molar-refractivity contribution in [3.05, 3.63) is 63.9 Å². The molecule has 1 aliphatic carbocycles. The molecule has 4 rings (SSSR count). The molecule has 5 nitrogen and oxygen atoms in total. The molecule has 25 heavy (non-hydrogen) atoms. The summed E-state index contributed by atoms with van der Waals surface area (Å²) in [5.74, 6) is 0.104. The first kappa shape index (κ1) is 16.0. The van der Waals surface area contributed by atoms with Crippen molar-refractivity contribution in [3.63, 3.8) is 0 Å². The molecule has 0 N–H and O–H groups in total. The Morgan fingerprint density at radius 2 is 2.08 bits per heavy atom. The number of thiophene rings is 1. The monoisotopic (exact) mass is 352 g/mol. The number of amides is 1. The lowest BCUT2D eigenvalue weighted by Crippen LogP contribution is -2.29. The molecule has 0 radical (unpaired) electrons. The van der Waals surface area contributed by atoms with Gasteiger partial charge in [0, 0.05) is 11.9 Å². The van der Waals surface area contributed by atoms with Crippen molar-refractivity contribution in [3.8, 4) is 5.69 Å². The second-order valence-electron chi connectivity index (χ2n) is 6.44. The first-order chi connectivity index (χ1) is 12.1. The van der Waals surface area contributed by atoms with Crippen LogP contribution in [-0.4, -0.2) is 32.6 Å². The summed E-state index contributed by atoms with van der Waals surface area (Å²) in [6, 6.07) is 10.2. The third-order valence-corrected chi connectivity index (χ3v) is 6.14. The molecule has 1 aliphatic rings. The molecule has 3 aromatic rings. The predicted octanol–water partition coefficient (Wildman–Crippen LogP) is 3.65. The van der Waals surface area contributed by atoms with E-state index in [1.54, 1.807) is 22.3 Å². The van der Waals surface area contributed by atoms with E-state index < -0.39 is 0 Å². The fourth-order valence-corrected chi connectivity index (χ4v) is 4.49. The lowest BCUT2D eigenvalue weighted by Gasteiger charge is -2.25. The highest BCUT2D eigenvalue weighted by molar-refractivity contribution is 7.14. The molecule has 0 fully saturated rings. The van der Waals surface area contributed by atoms with Crippen LogP contribution in [0.4, 0.5) is 0 Å². The number of rotatable bonds is 4. The van der Waals surface area contributed by atoms with Crippen molar-refractivity contribution in [2.45, 2.75) is 32.2 Å². The van der Waals surface area contributed by atoms with E-state index in [9.17, 15) is 4.79 Å². The van der Waals surface area contributed by atoms with Crippen LogP contribution in [0.5, 0.6) is 0 Å². The van der Waals surface area contributed by atoms with E-state index in [-0.39, 0.29) is 11.9 Å². The van der Waals surface area contributed by atoms with Crippen molar-refractivity contribution < 1.29 is 4.79 Å². The molecular formula is C19H20N4OS. The fraction of sp³-hybridized carbons (Fsp3) is 0.316. The number of aryl methyl sites for hydroxylation is 2. The van der Waals surface area contributed by atoms with E-state index >= 15 is 0 Å². The van der Waals surface area contributed by atoms with Crippen molar-refractivity contribution in [1.82, 2.24) is 19.7 Å². The first-order valence-electron chi connectivity index (χ1n) is 8.47. The molecule has 0 saturated heterocycles. The third kappa shape index (κ3) is 2.98. The number of hydrogen-bond donors (Lipinski definition) is 0. The summed E-state index contributed by atoms with van der Waals surface area (Å²) in [6.07, 6.45) is 6.64. The number of carbonyl (C=O) groups excluding carboxylic acids is 1. The van der Waals surface area contributed by atoms with Crippen LogP contribution in [0, 0.1) is 0 Å². The molecule has 0 aliphatic heterocycles. The number of fused-ring (bicyclic) bond motifs is 1. The smallest absolute Gasteiger partial charge is 0.264 e. The van der Waals surface area contributed by atoms with E-state index in [2.05, 4.69) is 23.1 Å². The van der Waals surface area contributed by atoms with E-state index in [0.717, 1.165) is 29.0 Å². The van der Waals surface area contributed by atoms with Gasteiger partial charge in [0.05, 0.1) is 16.6 Å². The van der Waals surface area contributed by atoms with Crippen LogP contribution in [0.1, 0.15) is 45.1 Å². The number of nitrogens with zero attached hydrogens (tertiary/aromatic N) is 4. The molecule has 2 heterocycles. The van der Waals surface area contributed by atoms with Crippen LogP contribution in [0.15, 0.2) is 43.0 Å². The van der Waals surface area contributed by atoms with Crippen molar-refractivity contribution in [2.75, 3.05) is 7.05 Å². The normalized spacial score (nSPS) is 14.3. The predicted molar refractivity (Wildman–Crippen MR) is 98.2 cm³/mol. The van der Waals surface area contributed by atoms with Gasteiger partial charge in [0.15, 0.2) is 0 Å². The summed E-state index contributed by atoms with van der Waals surface area (Å²) in [5, 5.41) is 4.13. The van der Waals surface area contributed by atoms with Crippen LogP contribution in [0.3, 0.4) is 0 Å². The molecule has 1 atom stereocenters. The summed E-state index contributed by atoms with van der Waals surface area (Å²) in [7, 11) is 1.88. The van der Waals surface area contributed by atoms with E-state index in [0.29, 0.717) is 0 Å². The second-order valence-corrected chi connectivity index (χ2v) is 7.57. The Kier molecular flexibility index (Phi) is 4.13. The minimum atomic E-state index is 0.00855. The van der Waals surface area contributed by atoms with Gasteiger partial charge >= 0.3 is 0 Å². The maximum atomic E-state index is 12.8. The zero-order valence-electron chi connectivity index (χ0n) is 14.3. The summed E-state index contributed by atoms with van der Waals surface area (Å²) < 4.78 is 1.72. The van der Waals surface area contributed by atoms with Gasteiger partial charge in [-0.1, -0.05) is 12.1 Å². The number of hydrogen-bond acceptors (Lipinski definition) is 4. The van der Waals surface area contributed by atoms with Gasteiger partial charge in [0.2, 0.25) is 0 Å². The highest BCUT2D eigenvalue weighted by Gasteiger charge is 2.23. The van der Waals surface area contributed by atoms with Crippen molar-refractivity contribution in [1.29, 1.82) is 0 Å². The molecule has 1 amide bonds. The number of aromatic nitrogens is 3. The zero-order valence-corrected chi connectivity index (χ0v) is 15.2. The highest BCUT2D eigenvalue weighted by Crippen LogP contribution is 2.32. The Balaban J connectivity index is 1.51. The molecule has 1 aromatic carbocycles. The van der Waals surface area contributed by atoms with Gasteiger partial charge in [0.1, 0.15) is 12.7 Å². The fourth-order valence-electron chi connectivity index (χ4n) is 3.25. The van der Waals surface area contributed by atoms with Crippen LogP contribution in [-0.2, 0) is 12.8 Å². The summed E-state index contributed by atoms with van der Waals surface area (Å²) in [5.41, 5.74) is 3.42. The van der Waals surface area contributed by atoms with Gasteiger partial charge < -0.3 is 4.90 Å². The Bertz CT molecular complexity index is 861. The summed E-state index contributed by atoms with van der Waals surface area (Å²) >= 11 is 1.66. The summed E-state index contributed by atoms with van der Waals surface area (Å²) in [4.78, 5) is 20.9. The Morgan fingerprint density at radius 1 is 1.28 bits per heavy atom. The number of benzene rings is 1. The first-order valence-corrected chi connectivity index (χ1v) is 9.29. The van der Waals surface area contributed by atoms with Gasteiger partial charge in [-0.2, -0.15) is 5.10 Å². The standard InChI is InChI=1S/C19H20N4OS/c1-13(14-6-8-16(9-7-14)23-12-20-11-21-23)22(2)19(24)18-10-15-4-3-5-17(15)25-18/h6-13H,3-5H2,1-2H3. The van der Waals surface area contributed by atoms with Crippen molar-refractivity contribution >= 4 is 17.2 Å². The molecule has 6 heteroatoms. The van der Waals surface area contributed by atoms with Gasteiger partial charge in [-0.05, 0) is 55.5 Å². The van der Waals surface area contributed by atoms with E-state index in [1.165, 1.54) is 23.2 Å². The zero-order chi connectivity index (χ0) is 17.4. The maximum Gasteiger partial charge on any atom is 0.264 e. The average Bonchev–Trinajstić information content (AvgIpc) is 3.36. The lowest BCUT2D eigenvalue weighted by atomic mass is 10.1. The van der Waals surface area contributed by atoms with E-state index in [1.807, 2.05) is 36.2 Å². The van der Waals surface area contributed by atoms with Gasteiger partial charge in [-0.25, -0.2) is 9.67 Å². The molecular weight excluding hydrogens is 332 g/mol. The van der Waals surface area contributed by atoms with Crippen LogP contribution in [0.2, 0.25) is 0 Å². The molecule has 128 valence electrons. The SMILES string of the molecule is CC(c1ccc(-n2cncn2)cc1)N(C)C(=O)c1cc2c(s1)CCC2. The molecule has 0 spiro atoms. The van der Waals surface area contributed by atoms with Gasteiger partial charge in [0.25, 0.3) is 5.91 Å². The maximum absolute atomic E-state index is 12.8. The lowest BCUT2D eigenvalue weighted by molar-refractivity contribution is 0.0747. The van der Waals surface area contributed by atoms with Crippen LogP contribution >= 0.6 is 11.3 Å². The van der Waals surface area contributed by atoms with Gasteiger partial charge in [-0.15, -0.1) is 11.3 Å². The Morgan fingerprint density at radius 3 is 2.76 bits per heavy atom. The van der Waals surface area contributed by atoms with Crippen molar-refractivity contribution in [2.24, 2.45) is 0 Å². The quantitative estimate of drug-likeness (QED) is 0.720. The third-order valence-electron chi connectivity index (χ3n) is 4.92.